The molecule has 0 spiro atoms. The van der Waals surface area contributed by atoms with E-state index in [1.165, 1.54) is 12.8 Å². The van der Waals surface area contributed by atoms with Crippen molar-refractivity contribution in [1.82, 2.24) is 19.4 Å². The maximum Gasteiger partial charge on any atom is 0.255 e. The number of aromatic nitrogens is 2. The molecule has 2 aromatic rings. The molecular weight excluding hydrogens is 366 g/mol. The summed E-state index contributed by atoms with van der Waals surface area (Å²) in [7, 11) is 0. The fourth-order valence-electron chi connectivity index (χ4n) is 5.17. The smallest absolute Gasteiger partial charge is 0.255 e. The number of nitrogens with two attached hydrogens (primary N) is 1. The van der Waals surface area contributed by atoms with Crippen LogP contribution in [0.25, 0.3) is 0 Å². The lowest BCUT2D eigenvalue weighted by Crippen LogP contribution is -2.49. The summed E-state index contributed by atoms with van der Waals surface area (Å²) in [6.07, 6.45) is 5.04. The molecule has 3 aliphatic rings. The molecule has 152 valence electrons. The Bertz CT molecular complexity index is 978. The molecular formula is C22H27N5O2. The van der Waals surface area contributed by atoms with Crippen LogP contribution in [0.5, 0.6) is 0 Å². The molecule has 2 N–H and O–H groups in total. The summed E-state index contributed by atoms with van der Waals surface area (Å²) >= 11 is 0. The van der Waals surface area contributed by atoms with Gasteiger partial charge in [0.1, 0.15) is 5.82 Å². The zero-order chi connectivity index (χ0) is 20.0. The Morgan fingerprint density at radius 3 is 2.69 bits per heavy atom. The highest BCUT2D eigenvalue weighted by Gasteiger charge is 2.37. The molecule has 3 aliphatic heterocycles. The summed E-state index contributed by atoms with van der Waals surface area (Å²) in [5.74, 6) is 0.928. The van der Waals surface area contributed by atoms with Crippen LogP contribution >= 0.6 is 0 Å². The van der Waals surface area contributed by atoms with Gasteiger partial charge in [0.05, 0.1) is 5.56 Å². The Labute approximate surface area is 170 Å². The number of fused-ring (bicyclic) bond motifs is 4. The van der Waals surface area contributed by atoms with Gasteiger partial charge in [-0.2, -0.15) is 0 Å². The number of pyridine rings is 2. The first kappa shape index (κ1) is 18.4. The molecule has 7 heteroatoms. The van der Waals surface area contributed by atoms with Crippen molar-refractivity contribution < 1.29 is 4.79 Å². The zero-order valence-corrected chi connectivity index (χ0v) is 16.6. The second-order valence-corrected chi connectivity index (χ2v) is 8.66. The average molecular weight is 393 g/mol. The van der Waals surface area contributed by atoms with Crippen LogP contribution in [0.1, 0.15) is 46.8 Å². The lowest BCUT2D eigenvalue weighted by molar-refractivity contribution is 0.0593. The third kappa shape index (κ3) is 3.44. The van der Waals surface area contributed by atoms with Gasteiger partial charge in [-0.1, -0.05) is 6.07 Å². The minimum atomic E-state index is -0.00588. The lowest BCUT2D eigenvalue weighted by atomic mass is 9.82. The Balaban J connectivity index is 1.38. The number of likely N-dealkylation sites (tertiary alicyclic amines) is 2. The minimum absolute atomic E-state index is 0.00588. The number of anilines is 1. The summed E-state index contributed by atoms with van der Waals surface area (Å²) < 4.78 is 1.98. The highest BCUT2D eigenvalue weighted by atomic mass is 16.2. The monoisotopic (exact) mass is 393 g/mol. The normalized spacial score (nSPS) is 23.8. The van der Waals surface area contributed by atoms with Crippen LogP contribution in [0.2, 0.25) is 0 Å². The number of hydrogen-bond acceptors (Lipinski definition) is 5. The molecule has 2 aromatic heterocycles. The molecule has 0 saturated carbocycles. The van der Waals surface area contributed by atoms with E-state index in [1.807, 2.05) is 15.5 Å². The minimum Gasteiger partial charge on any atom is -0.384 e. The van der Waals surface area contributed by atoms with Gasteiger partial charge >= 0.3 is 0 Å². The van der Waals surface area contributed by atoms with Crippen molar-refractivity contribution in [2.75, 3.05) is 31.9 Å². The highest BCUT2D eigenvalue weighted by molar-refractivity contribution is 5.94. The van der Waals surface area contributed by atoms with E-state index < -0.39 is 0 Å². The molecule has 1 amide bonds. The van der Waals surface area contributed by atoms with Gasteiger partial charge in [-0.05, 0) is 56.5 Å². The van der Waals surface area contributed by atoms with E-state index in [-0.39, 0.29) is 17.4 Å². The zero-order valence-electron chi connectivity index (χ0n) is 16.6. The number of hydrogen-bond donors (Lipinski definition) is 1. The summed E-state index contributed by atoms with van der Waals surface area (Å²) in [5.41, 5.74) is 8.34. The summed E-state index contributed by atoms with van der Waals surface area (Å²) in [5, 5.41) is 0. The molecule has 0 radical (unpaired) electrons. The van der Waals surface area contributed by atoms with E-state index in [4.69, 9.17) is 5.73 Å². The molecule has 29 heavy (non-hydrogen) atoms. The number of rotatable bonds is 3. The van der Waals surface area contributed by atoms with Crippen LogP contribution in [0.3, 0.4) is 0 Å². The molecule has 0 aromatic carbocycles. The Kier molecular flexibility index (Phi) is 4.62. The van der Waals surface area contributed by atoms with Gasteiger partial charge in [0.25, 0.3) is 11.5 Å². The SMILES string of the molecule is Nc1ccc(C(=O)N2C[C@@H]3C[C@H](C2)c2ccc(CN4CCCC4)c(=O)n2C3)cn1. The molecule has 2 saturated heterocycles. The van der Waals surface area contributed by atoms with Gasteiger partial charge in [0.2, 0.25) is 0 Å². The maximum atomic E-state index is 13.1. The Morgan fingerprint density at radius 2 is 1.93 bits per heavy atom. The molecule has 2 bridgehead atoms. The van der Waals surface area contributed by atoms with E-state index in [2.05, 4.69) is 16.0 Å². The van der Waals surface area contributed by atoms with Crippen LogP contribution in [0, 0.1) is 5.92 Å². The predicted molar refractivity (Wildman–Crippen MR) is 111 cm³/mol. The number of amides is 1. The van der Waals surface area contributed by atoms with Gasteiger partial charge in [0.15, 0.2) is 0 Å². The highest BCUT2D eigenvalue weighted by Crippen LogP contribution is 2.35. The van der Waals surface area contributed by atoms with E-state index in [0.717, 1.165) is 37.3 Å². The van der Waals surface area contributed by atoms with Gasteiger partial charge < -0.3 is 15.2 Å². The van der Waals surface area contributed by atoms with Crippen molar-refractivity contribution in [2.45, 2.75) is 38.3 Å². The Morgan fingerprint density at radius 1 is 1.10 bits per heavy atom. The van der Waals surface area contributed by atoms with Crippen LogP contribution in [0.15, 0.2) is 35.3 Å². The molecule has 2 fully saturated rings. The number of carbonyl (C=O) groups excluding carboxylic acids is 1. The van der Waals surface area contributed by atoms with Crippen LogP contribution in [0.4, 0.5) is 5.82 Å². The Hall–Kier alpha value is -2.67. The second-order valence-electron chi connectivity index (χ2n) is 8.66. The van der Waals surface area contributed by atoms with E-state index in [1.54, 1.807) is 18.3 Å². The van der Waals surface area contributed by atoms with Crippen LogP contribution in [-0.2, 0) is 13.1 Å². The number of nitrogens with zero attached hydrogens (tertiary/aromatic N) is 4. The van der Waals surface area contributed by atoms with Crippen LogP contribution in [-0.4, -0.2) is 51.4 Å². The predicted octanol–water partition coefficient (Wildman–Crippen LogP) is 1.68. The summed E-state index contributed by atoms with van der Waals surface area (Å²) in [6.45, 7) is 4.95. The van der Waals surface area contributed by atoms with E-state index >= 15 is 0 Å². The summed E-state index contributed by atoms with van der Waals surface area (Å²) in [4.78, 5) is 34.4. The van der Waals surface area contributed by atoms with Crippen molar-refractivity contribution in [3.8, 4) is 0 Å². The third-order valence-corrected chi connectivity index (χ3v) is 6.60. The third-order valence-electron chi connectivity index (χ3n) is 6.60. The first-order valence-electron chi connectivity index (χ1n) is 10.5. The quantitative estimate of drug-likeness (QED) is 0.858. The van der Waals surface area contributed by atoms with Gasteiger partial charge in [0, 0.05) is 49.6 Å². The largest absolute Gasteiger partial charge is 0.384 e. The standard InChI is InChI=1S/C22H27N5O2/c23-20-6-4-16(10-24-20)21(28)26-11-15-9-18(14-26)19-5-3-17(22(29)27(19)12-15)13-25-7-1-2-8-25/h3-6,10,15,18H,1-2,7-9,11-14H2,(H2,23,24)/t15-,18+/m0/s1. The molecule has 0 unspecified atom stereocenters. The summed E-state index contributed by atoms with van der Waals surface area (Å²) in [6, 6.07) is 7.52. The van der Waals surface area contributed by atoms with Crippen molar-refractivity contribution in [1.29, 1.82) is 0 Å². The second kappa shape index (κ2) is 7.30. The molecule has 5 rings (SSSR count). The lowest BCUT2D eigenvalue weighted by Gasteiger charge is -2.43. The maximum absolute atomic E-state index is 13.1. The van der Waals surface area contributed by atoms with Gasteiger partial charge in [-0.3, -0.25) is 14.5 Å². The van der Waals surface area contributed by atoms with Crippen molar-refractivity contribution in [3.63, 3.8) is 0 Å². The fourth-order valence-corrected chi connectivity index (χ4v) is 5.17. The van der Waals surface area contributed by atoms with Crippen molar-refractivity contribution >= 4 is 11.7 Å². The topological polar surface area (TPSA) is 84.5 Å². The number of carbonyl (C=O) groups is 1. The van der Waals surface area contributed by atoms with Gasteiger partial charge in [-0.25, -0.2) is 4.98 Å². The van der Waals surface area contributed by atoms with Crippen LogP contribution < -0.4 is 11.3 Å². The van der Waals surface area contributed by atoms with Crippen molar-refractivity contribution in [3.05, 3.63) is 57.6 Å². The van der Waals surface area contributed by atoms with E-state index in [0.29, 0.717) is 36.9 Å². The van der Waals surface area contributed by atoms with E-state index in [9.17, 15) is 9.59 Å². The van der Waals surface area contributed by atoms with Gasteiger partial charge in [-0.15, -0.1) is 0 Å². The fraction of sp³-hybridized carbons (Fsp3) is 0.500. The molecule has 5 heterocycles. The number of nitrogen functional groups attached to an aromatic ring is 1. The first-order chi connectivity index (χ1) is 14.1. The van der Waals surface area contributed by atoms with Crippen molar-refractivity contribution in [2.24, 2.45) is 5.92 Å². The molecule has 0 aliphatic carbocycles. The molecule has 7 nitrogen and oxygen atoms in total. The first-order valence-corrected chi connectivity index (χ1v) is 10.5. The average Bonchev–Trinajstić information content (AvgIpc) is 3.23. The molecule has 2 atom stereocenters. The number of piperidine rings is 1.